The third-order valence-corrected chi connectivity index (χ3v) is 6.26. The number of carbonyl (C=O) groups is 2. The van der Waals surface area contributed by atoms with Gasteiger partial charge < -0.3 is 15.0 Å². The second kappa shape index (κ2) is 10.9. The molecule has 1 fully saturated rings. The Morgan fingerprint density at radius 1 is 1.14 bits per heavy atom. The van der Waals surface area contributed by atoms with Crippen LogP contribution in [0.3, 0.4) is 0 Å². The van der Waals surface area contributed by atoms with E-state index < -0.39 is 11.7 Å². The lowest BCUT2D eigenvalue weighted by Crippen LogP contribution is -2.48. The molecular formula is C25H27ClFN5O3. The molecule has 1 N–H and O–H groups in total. The van der Waals surface area contributed by atoms with E-state index in [1.807, 2.05) is 4.90 Å². The average molecular weight is 500 g/mol. The second-order valence-corrected chi connectivity index (χ2v) is 8.71. The van der Waals surface area contributed by atoms with Gasteiger partial charge in [0.25, 0.3) is 5.91 Å². The SMILES string of the molecule is CC(=O)N1CCN(CCOc2ccc(NC(=O)c3ccccc3F)cc2-c2c(Cl)cnn2C)CC1. The normalized spacial score (nSPS) is 14.1. The highest BCUT2D eigenvalue weighted by Gasteiger charge is 2.20. The molecule has 1 aliphatic heterocycles. The summed E-state index contributed by atoms with van der Waals surface area (Å²) in [5.41, 5.74) is 1.72. The van der Waals surface area contributed by atoms with Crippen molar-refractivity contribution in [2.45, 2.75) is 6.92 Å². The van der Waals surface area contributed by atoms with E-state index in [2.05, 4.69) is 15.3 Å². The van der Waals surface area contributed by atoms with Crippen molar-refractivity contribution in [2.75, 3.05) is 44.6 Å². The molecule has 0 spiro atoms. The van der Waals surface area contributed by atoms with Crippen molar-refractivity contribution < 1.29 is 18.7 Å². The molecule has 0 saturated carbocycles. The number of halogens is 2. The Balaban J connectivity index is 1.50. The fraction of sp³-hybridized carbons (Fsp3) is 0.320. The number of piperazine rings is 1. The lowest BCUT2D eigenvalue weighted by molar-refractivity contribution is -0.130. The summed E-state index contributed by atoms with van der Waals surface area (Å²) in [4.78, 5) is 28.2. The van der Waals surface area contributed by atoms with Crippen molar-refractivity contribution >= 4 is 29.1 Å². The van der Waals surface area contributed by atoms with Crippen LogP contribution in [-0.2, 0) is 11.8 Å². The van der Waals surface area contributed by atoms with Crippen LogP contribution in [0.15, 0.2) is 48.7 Å². The Labute approximate surface area is 208 Å². The number of hydrogen-bond donors (Lipinski definition) is 1. The van der Waals surface area contributed by atoms with Crippen molar-refractivity contribution in [3.05, 3.63) is 65.1 Å². The molecule has 0 radical (unpaired) electrons. The summed E-state index contributed by atoms with van der Waals surface area (Å²) in [6.45, 7) is 5.74. The third-order valence-electron chi connectivity index (χ3n) is 5.99. The minimum Gasteiger partial charge on any atom is -0.492 e. The fourth-order valence-electron chi connectivity index (χ4n) is 4.05. The average Bonchev–Trinajstić information content (AvgIpc) is 3.18. The molecular weight excluding hydrogens is 473 g/mol. The van der Waals surface area contributed by atoms with Gasteiger partial charge in [-0.15, -0.1) is 0 Å². The second-order valence-electron chi connectivity index (χ2n) is 8.31. The monoisotopic (exact) mass is 499 g/mol. The van der Waals surface area contributed by atoms with Gasteiger partial charge in [0.15, 0.2) is 0 Å². The van der Waals surface area contributed by atoms with E-state index in [1.165, 1.54) is 18.2 Å². The lowest BCUT2D eigenvalue weighted by atomic mass is 10.1. The van der Waals surface area contributed by atoms with Gasteiger partial charge in [0.05, 0.1) is 22.5 Å². The molecule has 1 aromatic heterocycles. The van der Waals surface area contributed by atoms with Gasteiger partial charge in [-0.3, -0.25) is 19.2 Å². The predicted molar refractivity (Wildman–Crippen MR) is 132 cm³/mol. The van der Waals surface area contributed by atoms with Gasteiger partial charge in [0, 0.05) is 57.9 Å². The van der Waals surface area contributed by atoms with Crippen molar-refractivity contribution in [3.8, 4) is 17.0 Å². The first kappa shape index (κ1) is 24.7. The van der Waals surface area contributed by atoms with E-state index in [4.69, 9.17) is 16.3 Å². The summed E-state index contributed by atoms with van der Waals surface area (Å²) in [5, 5.41) is 7.39. The summed E-state index contributed by atoms with van der Waals surface area (Å²) in [5.74, 6) is -0.463. The number of rotatable bonds is 7. The minimum absolute atomic E-state index is 0.0437. The van der Waals surface area contributed by atoms with Crippen LogP contribution in [0.2, 0.25) is 5.02 Å². The zero-order chi connectivity index (χ0) is 24.9. The summed E-state index contributed by atoms with van der Waals surface area (Å²) in [6.07, 6.45) is 1.54. The molecule has 1 aliphatic rings. The Hall–Kier alpha value is -3.43. The van der Waals surface area contributed by atoms with Crippen LogP contribution in [0.25, 0.3) is 11.3 Å². The van der Waals surface area contributed by atoms with Crippen LogP contribution in [0.1, 0.15) is 17.3 Å². The van der Waals surface area contributed by atoms with Gasteiger partial charge in [-0.05, 0) is 30.3 Å². The molecule has 0 atom stereocenters. The molecule has 0 aliphatic carbocycles. The van der Waals surface area contributed by atoms with E-state index in [-0.39, 0.29) is 11.5 Å². The first-order valence-electron chi connectivity index (χ1n) is 11.3. The number of anilines is 1. The Kier molecular flexibility index (Phi) is 7.67. The molecule has 2 heterocycles. The van der Waals surface area contributed by atoms with Crippen LogP contribution in [0.5, 0.6) is 5.75 Å². The van der Waals surface area contributed by atoms with Crippen molar-refractivity contribution in [3.63, 3.8) is 0 Å². The maximum atomic E-state index is 14.0. The summed E-state index contributed by atoms with van der Waals surface area (Å²) in [7, 11) is 1.77. The van der Waals surface area contributed by atoms with E-state index in [0.717, 1.165) is 13.1 Å². The number of nitrogens with zero attached hydrogens (tertiary/aromatic N) is 4. The topological polar surface area (TPSA) is 79.7 Å². The Bertz CT molecular complexity index is 1200. The summed E-state index contributed by atoms with van der Waals surface area (Å²) >= 11 is 6.41. The maximum absolute atomic E-state index is 14.0. The number of amides is 2. The molecule has 4 rings (SSSR count). The van der Waals surface area contributed by atoms with Crippen molar-refractivity contribution in [1.29, 1.82) is 0 Å². The molecule has 8 nitrogen and oxygen atoms in total. The van der Waals surface area contributed by atoms with Gasteiger partial charge in [-0.25, -0.2) is 4.39 Å². The highest BCUT2D eigenvalue weighted by atomic mass is 35.5. The third kappa shape index (κ3) is 5.80. The molecule has 2 amide bonds. The quantitative estimate of drug-likeness (QED) is 0.536. The predicted octanol–water partition coefficient (Wildman–Crippen LogP) is 3.67. The number of hydrogen-bond acceptors (Lipinski definition) is 5. The molecule has 184 valence electrons. The zero-order valence-electron chi connectivity index (χ0n) is 19.6. The van der Waals surface area contributed by atoms with Crippen molar-refractivity contribution in [1.82, 2.24) is 19.6 Å². The van der Waals surface area contributed by atoms with E-state index in [1.54, 1.807) is 49.1 Å². The first-order valence-corrected chi connectivity index (χ1v) is 11.7. The highest BCUT2D eigenvalue weighted by Crippen LogP contribution is 2.36. The van der Waals surface area contributed by atoms with Crippen LogP contribution in [0.4, 0.5) is 10.1 Å². The molecule has 0 unspecified atom stereocenters. The van der Waals surface area contributed by atoms with E-state index in [9.17, 15) is 14.0 Å². The fourth-order valence-corrected chi connectivity index (χ4v) is 4.31. The number of benzene rings is 2. The Morgan fingerprint density at radius 2 is 1.89 bits per heavy atom. The van der Waals surface area contributed by atoms with Gasteiger partial charge in [-0.2, -0.15) is 5.10 Å². The van der Waals surface area contributed by atoms with Crippen LogP contribution >= 0.6 is 11.6 Å². The molecule has 10 heteroatoms. The van der Waals surface area contributed by atoms with Gasteiger partial charge >= 0.3 is 0 Å². The van der Waals surface area contributed by atoms with Gasteiger partial charge in [0.1, 0.15) is 18.2 Å². The van der Waals surface area contributed by atoms with E-state index >= 15 is 0 Å². The molecule has 1 saturated heterocycles. The molecule has 2 aromatic carbocycles. The van der Waals surface area contributed by atoms with Crippen LogP contribution in [-0.4, -0.2) is 70.7 Å². The molecule has 35 heavy (non-hydrogen) atoms. The van der Waals surface area contributed by atoms with Gasteiger partial charge in [-0.1, -0.05) is 23.7 Å². The summed E-state index contributed by atoms with van der Waals surface area (Å²) < 4.78 is 21.8. The number of ether oxygens (including phenoxy) is 1. The van der Waals surface area contributed by atoms with Gasteiger partial charge in [0.2, 0.25) is 5.91 Å². The largest absolute Gasteiger partial charge is 0.492 e. The van der Waals surface area contributed by atoms with E-state index in [0.29, 0.717) is 54.0 Å². The number of aryl methyl sites for hydroxylation is 1. The Morgan fingerprint density at radius 3 is 2.54 bits per heavy atom. The standard InChI is InChI=1S/C25H27ClFN5O3/c1-17(33)32-11-9-31(10-12-32)13-14-35-23-8-7-18(15-20(23)24-21(26)16-28-30(24)2)29-25(34)19-5-3-4-6-22(19)27/h3-8,15-16H,9-14H2,1-2H3,(H,29,34). The molecule has 0 bridgehead atoms. The van der Waals surface area contributed by atoms with Crippen LogP contribution in [0, 0.1) is 5.82 Å². The number of carbonyl (C=O) groups excluding carboxylic acids is 2. The highest BCUT2D eigenvalue weighted by molar-refractivity contribution is 6.33. The minimum atomic E-state index is -0.594. The lowest BCUT2D eigenvalue weighted by Gasteiger charge is -2.34. The zero-order valence-corrected chi connectivity index (χ0v) is 20.4. The van der Waals surface area contributed by atoms with Crippen LogP contribution < -0.4 is 10.1 Å². The molecule has 3 aromatic rings. The maximum Gasteiger partial charge on any atom is 0.258 e. The van der Waals surface area contributed by atoms with Crippen molar-refractivity contribution in [2.24, 2.45) is 7.05 Å². The summed E-state index contributed by atoms with van der Waals surface area (Å²) in [6, 6.07) is 11.0. The smallest absolute Gasteiger partial charge is 0.258 e. The number of aromatic nitrogens is 2. The number of nitrogens with one attached hydrogen (secondary N) is 1. The first-order chi connectivity index (χ1) is 16.8.